The first-order chi connectivity index (χ1) is 9.94. The summed E-state index contributed by atoms with van der Waals surface area (Å²) in [5, 5.41) is 14.7. The summed E-state index contributed by atoms with van der Waals surface area (Å²) in [7, 11) is 0. The van der Waals surface area contributed by atoms with Gasteiger partial charge in [0.05, 0.1) is 23.6 Å². The Kier molecular flexibility index (Phi) is 4.88. The maximum Gasteiger partial charge on any atom is 0.243 e. The Morgan fingerprint density at radius 3 is 2.33 bits per heavy atom. The Morgan fingerprint density at radius 1 is 1.05 bits per heavy atom. The zero-order valence-electron chi connectivity index (χ0n) is 13.4. The second kappa shape index (κ2) is 6.47. The summed E-state index contributed by atoms with van der Waals surface area (Å²) >= 11 is 1.66. The van der Waals surface area contributed by atoms with Gasteiger partial charge in [0.1, 0.15) is 5.01 Å². The van der Waals surface area contributed by atoms with E-state index in [0.29, 0.717) is 12.5 Å². The summed E-state index contributed by atoms with van der Waals surface area (Å²) < 4.78 is 0. The average molecular weight is 305 g/mol. The summed E-state index contributed by atoms with van der Waals surface area (Å²) in [6.07, 6.45) is 1.74. The van der Waals surface area contributed by atoms with Crippen molar-refractivity contribution in [2.24, 2.45) is 0 Å². The van der Waals surface area contributed by atoms with Crippen molar-refractivity contribution in [1.29, 1.82) is 0 Å². The molecule has 0 aromatic carbocycles. The smallest absolute Gasteiger partial charge is 0.243 e. The summed E-state index contributed by atoms with van der Waals surface area (Å²) in [5.41, 5.74) is 3.21. The lowest BCUT2D eigenvalue weighted by Crippen LogP contribution is -2.12. The molecule has 0 unspecified atom stereocenters. The number of thiazole rings is 1. The van der Waals surface area contributed by atoms with Crippen molar-refractivity contribution in [2.45, 2.75) is 59.4 Å². The van der Waals surface area contributed by atoms with Gasteiger partial charge in [-0.15, -0.1) is 16.4 Å². The molecular weight excluding hydrogens is 282 g/mol. The van der Waals surface area contributed by atoms with Gasteiger partial charge < -0.3 is 5.32 Å². The minimum Gasteiger partial charge on any atom is -0.346 e. The van der Waals surface area contributed by atoms with Crippen LogP contribution < -0.4 is 5.32 Å². The van der Waals surface area contributed by atoms with E-state index < -0.39 is 0 Å². The predicted molar refractivity (Wildman–Crippen MR) is 86.7 cm³/mol. The highest BCUT2D eigenvalue weighted by molar-refractivity contribution is 7.09. The van der Waals surface area contributed by atoms with Gasteiger partial charge in [0, 0.05) is 10.8 Å². The minimum absolute atomic E-state index is 0.0883. The third kappa shape index (κ3) is 3.97. The highest BCUT2D eigenvalue weighted by Crippen LogP contribution is 2.24. The fraction of sp³-hybridized carbons (Fsp3) is 0.600. The Hall–Kier alpha value is -1.56. The van der Waals surface area contributed by atoms with Crippen LogP contribution in [0, 0.1) is 0 Å². The third-order valence-electron chi connectivity index (χ3n) is 3.23. The number of aromatic nitrogens is 4. The number of hydrogen-bond donors (Lipinski definition) is 1. The number of rotatable bonds is 5. The Balaban J connectivity index is 2.04. The van der Waals surface area contributed by atoms with Gasteiger partial charge in [0.2, 0.25) is 5.95 Å². The molecule has 0 bridgehead atoms. The van der Waals surface area contributed by atoms with E-state index in [1.807, 2.05) is 0 Å². The van der Waals surface area contributed by atoms with E-state index in [9.17, 15) is 0 Å². The lowest BCUT2D eigenvalue weighted by molar-refractivity contribution is 0.571. The van der Waals surface area contributed by atoms with Crippen LogP contribution >= 0.6 is 11.3 Å². The van der Waals surface area contributed by atoms with E-state index in [2.05, 4.69) is 65.5 Å². The third-order valence-corrected chi connectivity index (χ3v) is 4.08. The molecule has 0 aliphatic heterocycles. The highest BCUT2D eigenvalue weighted by atomic mass is 32.1. The number of nitrogens with one attached hydrogen (secondary N) is 1. The fourth-order valence-corrected chi connectivity index (χ4v) is 2.86. The van der Waals surface area contributed by atoms with Crippen LogP contribution in [0.2, 0.25) is 0 Å². The number of hydrogen-bond acceptors (Lipinski definition) is 6. The Labute approximate surface area is 130 Å². The zero-order chi connectivity index (χ0) is 15.5. The monoisotopic (exact) mass is 305 g/mol. The van der Waals surface area contributed by atoms with Crippen LogP contribution in [0.5, 0.6) is 0 Å². The average Bonchev–Trinajstić information content (AvgIpc) is 2.93. The predicted octanol–water partition coefficient (Wildman–Crippen LogP) is 3.36. The number of nitrogens with zero attached hydrogens (tertiary/aromatic N) is 4. The first-order valence-corrected chi connectivity index (χ1v) is 8.23. The van der Waals surface area contributed by atoms with E-state index in [4.69, 9.17) is 0 Å². The summed E-state index contributed by atoms with van der Waals surface area (Å²) in [5.74, 6) is 0.580. The normalized spacial score (nSPS) is 11.7. The molecule has 6 heteroatoms. The molecule has 2 aromatic heterocycles. The molecule has 2 heterocycles. The van der Waals surface area contributed by atoms with Crippen molar-refractivity contribution in [2.75, 3.05) is 5.32 Å². The van der Waals surface area contributed by atoms with Crippen molar-refractivity contribution in [1.82, 2.24) is 20.2 Å². The van der Waals surface area contributed by atoms with Gasteiger partial charge in [-0.1, -0.05) is 34.6 Å². The van der Waals surface area contributed by atoms with Crippen LogP contribution in [0.1, 0.15) is 56.7 Å². The van der Waals surface area contributed by atoms with Gasteiger partial charge in [-0.05, 0) is 12.8 Å². The summed E-state index contributed by atoms with van der Waals surface area (Å²) in [4.78, 5) is 9.18. The Bertz CT molecular complexity index is 600. The minimum atomic E-state index is 0.0883. The SMILES string of the molecule is CCc1nnc(NCc2nc(C(C)(C)C)cs2)nc1CC. The van der Waals surface area contributed by atoms with E-state index >= 15 is 0 Å². The standard InChI is InChI=1S/C15H23N5S/c1-6-10-11(7-2)19-20-14(17-10)16-8-13-18-12(9-21-13)15(3,4)5/h9H,6-8H2,1-5H3,(H,16,17,20). The number of aryl methyl sites for hydroxylation is 2. The molecule has 0 aliphatic carbocycles. The van der Waals surface area contributed by atoms with Crippen molar-refractivity contribution in [3.05, 3.63) is 27.5 Å². The molecule has 0 amide bonds. The lowest BCUT2D eigenvalue weighted by Gasteiger charge is -2.14. The molecule has 0 radical (unpaired) electrons. The first kappa shape index (κ1) is 15.8. The molecule has 0 saturated carbocycles. The van der Waals surface area contributed by atoms with Gasteiger partial charge in [0.25, 0.3) is 0 Å². The van der Waals surface area contributed by atoms with E-state index in [0.717, 1.165) is 34.9 Å². The maximum absolute atomic E-state index is 4.65. The van der Waals surface area contributed by atoms with Gasteiger partial charge >= 0.3 is 0 Å². The fourth-order valence-electron chi connectivity index (χ4n) is 1.90. The van der Waals surface area contributed by atoms with Gasteiger partial charge in [-0.25, -0.2) is 9.97 Å². The molecule has 114 valence electrons. The second-order valence-corrected chi connectivity index (χ2v) is 6.91. The first-order valence-electron chi connectivity index (χ1n) is 7.35. The van der Waals surface area contributed by atoms with E-state index in [-0.39, 0.29) is 5.41 Å². The lowest BCUT2D eigenvalue weighted by atomic mass is 9.93. The molecule has 2 rings (SSSR count). The highest BCUT2D eigenvalue weighted by Gasteiger charge is 2.17. The molecule has 0 aliphatic rings. The molecule has 0 atom stereocenters. The van der Waals surface area contributed by atoms with Crippen LogP contribution in [-0.4, -0.2) is 20.2 Å². The van der Waals surface area contributed by atoms with Crippen LogP contribution in [0.3, 0.4) is 0 Å². The van der Waals surface area contributed by atoms with Crippen molar-refractivity contribution >= 4 is 17.3 Å². The second-order valence-electron chi connectivity index (χ2n) is 5.97. The molecule has 0 spiro atoms. The molecule has 0 fully saturated rings. The number of anilines is 1. The van der Waals surface area contributed by atoms with Crippen molar-refractivity contribution in [3.63, 3.8) is 0 Å². The molecule has 5 nitrogen and oxygen atoms in total. The molecule has 0 saturated heterocycles. The largest absolute Gasteiger partial charge is 0.346 e. The topological polar surface area (TPSA) is 63.6 Å². The van der Waals surface area contributed by atoms with E-state index in [1.165, 1.54) is 0 Å². The summed E-state index contributed by atoms with van der Waals surface area (Å²) in [6, 6.07) is 0. The molecule has 2 aromatic rings. The maximum atomic E-state index is 4.65. The van der Waals surface area contributed by atoms with E-state index in [1.54, 1.807) is 11.3 Å². The van der Waals surface area contributed by atoms with Gasteiger partial charge in [0.15, 0.2) is 0 Å². The quantitative estimate of drug-likeness (QED) is 0.917. The van der Waals surface area contributed by atoms with Crippen molar-refractivity contribution in [3.8, 4) is 0 Å². The van der Waals surface area contributed by atoms with Gasteiger partial charge in [-0.3, -0.25) is 0 Å². The van der Waals surface area contributed by atoms with Gasteiger partial charge in [-0.2, -0.15) is 5.10 Å². The Morgan fingerprint density at radius 2 is 1.76 bits per heavy atom. The van der Waals surface area contributed by atoms with Crippen LogP contribution in [0.25, 0.3) is 0 Å². The molecule has 21 heavy (non-hydrogen) atoms. The summed E-state index contributed by atoms with van der Waals surface area (Å²) in [6.45, 7) is 11.3. The van der Waals surface area contributed by atoms with Crippen LogP contribution in [0.4, 0.5) is 5.95 Å². The zero-order valence-corrected chi connectivity index (χ0v) is 14.2. The molecular formula is C15H23N5S. The van der Waals surface area contributed by atoms with Crippen LogP contribution in [0.15, 0.2) is 5.38 Å². The van der Waals surface area contributed by atoms with Crippen LogP contribution in [-0.2, 0) is 24.8 Å². The van der Waals surface area contributed by atoms with Crippen molar-refractivity contribution < 1.29 is 0 Å². The molecule has 1 N–H and O–H groups in total.